The van der Waals surface area contributed by atoms with Crippen molar-refractivity contribution in [3.8, 4) is 0 Å². The molecule has 0 bridgehead atoms. The number of hydrogen-bond donors (Lipinski definition) is 1. The molecule has 3 rings (SSSR count). The fraction of sp³-hybridized carbons (Fsp3) is 0.500. The largest absolute Gasteiger partial charge is 0.481 e. The van der Waals surface area contributed by atoms with E-state index in [0.29, 0.717) is 19.5 Å². The van der Waals surface area contributed by atoms with Crippen molar-refractivity contribution in [2.24, 2.45) is 5.92 Å². The molecule has 1 atom stereocenters. The Balaban J connectivity index is 1.80. The Bertz CT molecular complexity index is 583. The number of amides is 1. The fourth-order valence-electron chi connectivity index (χ4n) is 3.20. The minimum absolute atomic E-state index is 0.103. The van der Waals surface area contributed by atoms with Crippen LogP contribution in [0.1, 0.15) is 31.2 Å². The van der Waals surface area contributed by atoms with Gasteiger partial charge in [0.2, 0.25) is 5.91 Å². The number of carbonyl (C=O) groups excluding carboxylic acids is 1. The zero-order valence-corrected chi connectivity index (χ0v) is 13.3. The summed E-state index contributed by atoms with van der Waals surface area (Å²) in [5.41, 5.74) is 0.629. The highest BCUT2D eigenvalue weighted by molar-refractivity contribution is 9.10. The predicted molar refractivity (Wildman–Crippen MR) is 82.0 cm³/mol. The molecule has 0 spiro atoms. The third-order valence-electron chi connectivity index (χ3n) is 4.59. The van der Waals surface area contributed by atoms with Crippen LogP contribution in [-0.4, -0.2) is 35.0 Å². The van der Waals surface area contributed by atoms with Crippen LogP contribution in [0.3, 0.4) is 0 Å². The number of likely N-dealkylation sites (tertiary alicyclic amines) is 1. The molecule has 1 aliphatic carbocycles. The summed E-state index contributed by atoms with van der Waals surface area (Å²) in [6, 6.07) is 7.90. The van der Waals surface area contributed by atoms with Gasteiger partial charge in [-0.1, -0.05) is 28.1 Å². The molecule has 0 unspecified atom stereocenters. The molecule has 1 aromatic rings. The number of nitrogens with zero attached hydrogens (tertiary/aromatic N) is 1. The SMILES string of the molecule is O=C(O)[C@@H]1CCCN(C(=O)C2(c3cccc(Br)c3)CC2)C1. The summed E-state index contributed by atoms with van der Waals surface area (Å²) in [4.78, 5) is 25.8. The minimum atomic E-state index is -0.792. The standard InChI is InChI=1S/C16H18BrNO3/c17-13-5-1-4-12(9-13)16(6-7-16)15(21)18-8-2-3-11(10-18)14(19)20/h1,4-5,9,11H,2-3,6-8,10H2,(H,19,20)/t11-/m1/s1. The second-order valence-corrected chi connectivity index (χ2v) is 6.94. The van der Waals surface area contributed by atoms with E-state index >= 15 is 0 Å². The molecule has 21 heavy (non-hydrogen) atoms. The van der Waals surface area contributed by atoms with Gasteiger partial charge in [-0.25, -0.2) is 0 Å². The van der Waals surface area contributed by atoms with Crippen LogP contribution in [0.5, 0.6) is 0 Å². The molecule has 1 heterocycles. The van der Waals surface area contributed by atoms with Crippen LogP contribution in [0.15, 0.2) is 28.7 Å². The van der Waals surface area contributed by atoms with Crippen molar-refractivity contribution in [2.75, 3.05) is 13.1 Å². The minimum Gasteiger partial charge on any atom is -0.481 e. The number of benzene rings is 1. The van der Waals surface area contributed by atoms with E-state index in [-0.39, 0.29) is 5.91 Å². The van der Waals surface area contributed by atoms with E-state index in [4.69, 9.17) is 5.11 Å². The van der Waals surface area contributed by atoms with Crippen LogP contribution in [0, 0.1) is 5.92 Å². The first-order valence-electron chi connectivity index (χ1n) is 7.31. The summed E-state index contributed by atoms with van der Waals surface area (Å²) in [6.45, 7) is 1.03. The first-order valence-corrected chi connectivity index (χ1v) is 8.10. The number of carbonyl (C=O) groups is 2. The molecule has 1 amide bonds. The van der Waals surface area contributed by atoms with Crippen molar-refractivity contribution < 1.29 is 14.7 Å². The van der Waals surface area contributed by atoms with Crippen LogP contribution < -0.4 is 0 Å². The Hall–Kier alpha value is -1.36. The van der Waals surface area contributed by atoms with Crippen LogP contribution in [0.4, 0.5) is 0 Å². The number of carboxylic acids is 1. The quantitative estimate of drug-likeness (QED) is 0.910. The monoisotopic (exact) mass is 351 g/mol. The van der Waals surface area contributed by atoms with Gasteiger partial charge in [0, 0.05) is 17.6 Å². The van der Waals surface area contributed by atoms with Gasteiger partial charge >= 0.3 is 5.97 Å². The molecule has 1 saturated heterocycles. The van der Waals surface area contributed by atoms with Crippen LogP contribution in [0.25, 0.3) is 0 Å². The molecule has 112 valence electrons. The van der Waals surface area contributed by atoms with Crippen molar-refractivity contribution in [1.29, 1.82) is 0 Å². The summed E-state index contributed by atoms with van der Waals surface area (Å²) >= 11 is 3.45. The van der Waals surface area contributed by atoms with Gasteiger partial charge < -0.3 is 10.0 Å². The average Bonchev–Trinajstić information content (AvgIpc) is 3.28. The van der Waals surface area contributed by atoms with Gasteiger partial charge in [0.15, 0.2) is 0 Å². The third kappa shape index (κ3) is 2.71. The molecule has 0 radical (unpaired) electrons. The molecular formula is C16H18BrNO3. The lowest BCUT2D eigenvalue weighted by atomic mass is 9.91. The zero-order valence-electron chi connectivity index (χ0n) is 11.7. The molecular weight excluding hydrogens is 334 g/mol. The van der Waals surface area contributed by atoms with Gasteiger partial charge in [0.1, 0.15) is 0 Å². The fourth-order valence-corrected chi connectivity index (χ4v) is 3.60. The van der Waals surface area contributed by atoms with E-state index < -0.39 is 17.3 Å². The van der Waals surface area contributed by atoms with Crippen molar-refractivity contribution in [1.82, 2.24) is 4.90 Å². The average molecular weight is 352 g/mol. The highest BCUT2D eigenvalue weighted by atomic mass is 79.9. The number of rotatable bonds is 3. The Kier molecular flexibility index (Phi) is 3.78. The summed E-state index contributed by atoms with van der Waals surface area (Å²) in [7, 11) is 0. The van der Waals surface area contributed by atoms with Crippen LogP contribution in [0.2, 0.25) is 0 Å². The molecule has 2 aliphatic rings. The second-order valence-electron chi connectivity index (χ2n) is 6.02. The van der Waals surface area contributed by atoms with Gasteiger partial charge in [-0.15, -0.1) is 0 Å². The Labute approximate surface area is 132 Å². The molecule has 4 nitrogen and oxygen atoms in total. The van der Waals surface area contributed by atoms with Gasteiger partial charge in [-0.05, 0) is 43.4 Å². The van der Waals surface area contributed by atoms with E-state index in [2.05, 4.69) is 15.9 Å². The molecule has 1 N–H and O–H groups in total. The van der Waals surface area contributed by atoms with Crippen LogP contribution in [-0.2, 0) is 15.0 Å². The molecule has 2 fully saturated rings. The van der Waals surface area contributed by atoms with Gasteiger partial charge in [0.05, 0.1) is 11.3 Å². The van der Waals surface area contributed by atoms with E-state index in [1.807, 2.05) is 24.3 Å². The Morgan fingerprint density at radius 3 is 2.71 bits per heavy atom. The number of halogens is 1. The zero-order chi connectivity index (χ0) is 15.0. The maximum atomic E-state index is 12.9. The van der Waals surface area contributed by atoms with Crippen molar-refractivity contribution >= 4 is 27.8 Å². The Morgan fingerprint density at radius 1 is 1.33 bits per heavy atom. The van der Waals surface area contributed by atoms with Gasteiger partial charge in [-0.3, -0.25) is 9.59 Å². The van der Waals surface area contributed by atoms with E-state index in [9.17, 15) is 9.59 Å². The number of hydrogen-bond acceptors (Lipinski definition) is 2. The molecule has 1 aliphatic heterocycles. The first-order chi connectivity index (χ1) is 10.0. The lowest BCUT2D eigenvalue weighted by Gasteiger charge is -2.33. The van der Waals surface area contributed by atoms with Gasteiger partial charge in [-0.2, -0.15) is 0 Å². The number of carboxylic acid groups (broad SMARTS) is 1. The lowest BCUT2D eigenvalue weighted by molar-refractivity contribution is -0.146. The summed E-state index contributed by atoms with van der Waals surface area (Å²) in [5.74, 6) is -1.10. The van der Waals surface area contributed by atoms with Gasteiger partial charge in [0.25, 0.3) is 0 Å². The van der Waals surface area contributed by atoms with Crippen LogP contribution >= 0.6 is 15.9 Å². The highest BCUT2D eigenvalue weighted by Crippen LogP contribution is 2.50. The summed E-state index contributed by atoms with van der Waals surface area (Å²) in [5, 5.41) is 9.17. The molecule has 1 saturated carbocycles. The smallest absolute Gasteiger partial charge is 0.308 e. The number of aliphatic carboxylic acids is 1. The third-order valence-corrected chi connectivity index (χ3v) is 5.09. The van der Waals surface area contributed by atoms with Crippen molar-refractivity contribution in [3.05, 3.63) is 34.3 Å². The highest BCUT2D eigenvalue weighted by Gasteiger charge is 2.53. The maximum Gasteiger partial charge on any atom is 0.308 e. The molecule has 0 aromatic heterocycles. The van der Waals surface area contributed by atoms with E-state index in [1.165, 1.54) is 0 Å². The predicted octanol–water partition coefficient (Wildman–Crippen LogP) is 2.80. The molecule has 5 heteroatoms. The summed E-state index contributed by atoms with van der Waals surface area (Å²) in [6.07, 6.45) is 3.16. The normalized spacial score (nSPS) is 23.7. The first kappa shape index (κ1) is 14.6. The van der Waals surface area contributed by atoms with Crippen molar-refractivity contribution in [2.45, 2.75) is 31.1 Å². The van der Waals surface area contributed by atoms with Crippen molar-refractivity contribution in [3.63, 3.8) is 0 Å². The number of piperidine rings is 1. The molecule has 1 aromatic carbocycles. The topological polar surface area (TPSA) is 57.6 Å². The maximum absolute atomic E-state index is 12.9. The van der Waals surface area contributed by atoms with E-state index in [0.717, 1.165) is 29.3 Å². The second kappa shape index (κ2) is 5.44. The Morgan fingerprint density at radius 2 is 2.10 bits per heavy atom. The van der Waals surface area contributed by atoms with E-state index in [1.54, 1.807) is 4.90 Å². The summed E-state index contributed by atoms with van der Waals surface area (Å²) < 4.78 is 0.973. The lowest BCUT2D eigenvalue weighted by Crippen LogP contribution is -2.46.